The van der Waals surface area contributed by atoms with Crippen molar-refractivity contribution < 1.29 is 17.2 Å². The number of rotatable bonds is 7. The van der Waals surface area contributed by atoms with Gasteiger partial charge in [-0.25, -0.2) is 21.5 Å². The molecule has 7 nitrogen and oxygen atoms in total. The van der Waals surface area contributed by atoms with Crippen molar-refractivity contribution in [2.75, 3.05) is 64.0 Å². The Morgan fingerprint density at radius 3 is 2.54 bits per heavy atom. The van der Waals surface area contributed by atoms with Gasteiger partial charge in [-0.3, -0.25) is 4.99 Å². The quantitative estimate of drug-likeness (QED) is 0.412. The standard InChI is InChI=1S/C18H29F2N5O2S/c1-4-28(26,27)23(3)9-5-8-22-18(21-2)25-12-10-24(11-13-25)17-14-15(19)6-7-16(17)20/h6-7,14H,4-5,8-13H2,1-3H3,(H,21,22). The molecule has 0 atom stereocenters. The van der Waals surface area contributed by atoms with Crippen molar-refractivity contribution in [3.8, 4) is 0 Å². The second-order valence-corrected chi connectivity index (χ2v) is 8.98. The maximum Gasteiger partial charge on any atom is 0.213 e. The minimum Gasteiger partial charge on any atom is -0.366 e. The SMILES string of the molecule is CCS(=O)(=O)N(C)CCCNC(=NC)N1CCN(c2cc(F)ccc2F)CC1. The molecule has 10 heteroatoms. The number of sulfonamides is 1. The van der Waals surface area contributed by atoms with E-state index in [0.717, 1.165) is 18.1 Å². The molecule has 0 bridgehead atoms. The van der Waals surface area contributed by atoms with E-state index < -0.39 is 21.7 Å². The van der Waals surface area contributed by atoms with Crippen LogP contribution in [0.25, 0.3) is 0 Å². The molecule has 1 aliphatic rings. The predicted molar refractivity (Wildman–Crippen MR) is 108 cm³/mol. The van der Waals surface area contributed by atoms with Crippen LogP contribution in [0.2, 0.25) is 0 Å². The van der Waals surface area contributed by atoms with Crippen molar-refractivity contribution in [3.63, 3.8) is 0 Å². The minimum atomic E-state index is -3.16. The van der Waals surface area contributed by atoms with Gasteiger partial charge in [-0.15, -0.1) is 0 Å². The Balaban J connectivity index is 1.81. The highest BCUT2D eigenvalue weighted by Crippen LogP contribution is 2.21. The van der Waals surface area contributed by atoms with E-state index in [1.165, 1.54) is 10.4 Å². The average molecular weight is 418 g/mol. The topological polar surface area (TPSA) is 68.2 Å². The second kappa shape index (κ2) is 10.0. The molecule has 0 saturated carbocycles. The van der Waals surface area contributed by atoms with E-state index in [-0.39, 0.29) is 11.4 Å². The van der Waals surface area contributed by atoms with Gasteiger partial charge in [0, 0.05) is 59.4 Å². The molecule has 0 amide bonds. The number of halogens is 2. The lowest BCUT2D eigenvalue weighted by Crippen LogP contribution is -2.53. The molecule has 0 spiro atoms. The number of anilines is 1. The molecule has 0 aromatic heterocycles. The van der Waals surface area contributed by atoms with Gasteiger partial charge in [-0.1, -0.05) is 0 Å². The zero-order valence-electron chi connectivity index (χ0n) is 16.7. The van der Waals surface area contributed by atoms with Gasteiger partial charge in [-0.2, -0.15) is 0 Å². The maximum atomic E-state index is 14.0. The summed E-state index contributed by atoms with van der Waals surface area (Å²) in [5, 5.41) is 3.24. The molecule has 1 fully saturated rings. The van der Waals surface area contributed by atoms with Crippen molar-refractivity contribution >= 4 is 21.7 Å². The van der Waals surface area contributed by atoms with Crippen molar-refractivity contribution in [2.24, 2.45) is 4.99 Å². The first-order valence-corrected chi connectivity index (χ1v) is 11.0. The van der Waals surface area contributed by atoms with Gasteiger partial charge < -0.3 is 15.1 Å². The molecule has 1 aliphatic heterocycles. The highest BCUT2D eigenvalue weighted by molar-refractivity contribution is 7.89. The number of nitrogens with zero attached hydrogens (tertiary/aromatic N) is 4. The molecule has 1 aromatic rings. The van der Waals surface area contributed by atoms with Crippen molar-refractivity contribution in [2.45, 2.75) is 13.3 Å². The third-order valence-corrected chi connectivity index (χ3v) is 6.67. The second-order valence-electron chi connectivity index (χ2n) is 6.62. The van der Waals surface area contributed by atoms with E-state index >= 15 is 0 Å². The summed E-state index contributed by atoms with van der Waals surface area (Å²) in [6, 6.07) is 3.48. The smallest absolute Gasteiger partial charge is 0.213 e. The molecule has 1 heterocycles. The zero-order valence-corrected chi connectivity index (χ0v) is 17.5. The van der Waals surface area contributed by atoms with Crippen LogP contribution in [0.3, 0.4) is 0 Å². The molecular weight excluding hydrogens is 388 g/mol. The largest absolute Gasteiger partial charge is 0.366 e. The third kappa shape index (κ3) is 5.78. The van der Waals surface area contributed by atoms with E-state index in [1.54, 1.807) is 21.0 Å². The van der Waals surface area contributed by atoms with Crippen molar-refractivity contribution in [1.82, 2.24) is 14.5 Å². The number of guanidine groups is 1. The Kier molecular flexibility index (Phi) is 7.99. The van der Waals surface area contributed by atoms with Gasteiger partial charge in [0.1, 0.15) is 11.6 Å². The molecule has 0 unspecified atom stereocenters. The summed E-state index contributed by atoms with van der Waals surface area (Å²) in [6.45, 7) is 5.01. The van der Waals surface area contributed by atoms with Crippen LogP contribution in [-0.2, 0) is 10.0 Å². The van der Waals surface area contributed by atoms with Gasteiger partial charge in [-0.05, 0) is 25.5 Å². The van der Waals surface area contributed by atoms with Crippen LogP contribution in [-0.4, -0.2) is 82.7 Å². The fraction of sp³-hybridized carbons (Fsp3) is 0.611. The van der Waals surface area contributed by atoms with Crippen LogP contribution in [0.1, 0.15) is 13.3 Å². The molecule has 2 rings (SSSR count). The van der Waals surface area contributed by atoms with Gasteiger partial charge in [0.25, 0.3) is 0 Å². The minimum absolute atomic E-state index is 0.0920. The van der Waals surface area contributed by atoms with Crippen LogP contribution in [0.5, 0.6) is 0 Å². The molecule has 158 valence electrons. The maximum absolute atomic E-state index is 14.0. The zero-order chi connectivity index (χ0) is 20.7. The van der Waals surface area contributed by atoms with Crippen LogP contribution in [0, 0.1) is 11.6 Å². The summed E-state index contributed by atoms with van der Waals surface area (Å²) in [7, 11) is 0.109. The lowest BCUT2D eigenvalue weighted by atomic mass is 10.2. The molecule has 1 saturated heterocycles. The van der Waals surface area contributed by atoms with Crippen LogP contribution in [0.15, 0.2) is 23.2 Å². The van der Waals surface area contributed by atoms with Gasteiger partial charge >= 0.3 is 0 Å². The highest BCUT2D eigenvalue weighted by Gasteiger charge is 2.22. The summed E-state index contributed by atoms with van der Waals surface area (Å²) in [5.41, 5.74) is 0.280. The van der Waals surface area contributed by atoms with Crippen molar-refractivity contribution in [3.05, 3.63) is 29.8 Å². The van der Waals surface area contributed by atoms with Gasteiger partial charge in [0.05, 0.1) is 11.4 Å². The molecule has 28 heavy (non-hydrogen) atoms. The summed E-state index contributed by atoms with van der Waals surface area (Å²) in [5.74, 6) is -0.0651. The first kappa shape index (κ1) is 22.4. The van der Waals surface area contributed by atoms with Crippen LogP contribution < -0.4 is 10.2 Å². The van der Waals surface area contributed by atoms with E-state index in [9.17, 15) is 17.2 Å². The van der Waals surface area contributed by atoms with E-state index in [4.69, 9.17) is 0 Å². The van der Waals surface area contributed by atoms with Crippen LogP contribution in [0.4, 0.5) is 14.5 Å². The first-order valence-electron chi connectivity index (χ1n) is 9.38. The molecule has 1 N–H and O–H groups in total. The number of aliphatic imine (C=N–C) groups is 1. The Morgan fingerprint density at radius 2 is 1.93 bits per heavy atom. The molecule has 0 aliphatic carbocycles. The van der Waals surface area contributed by atoms with Gasteiger partial charge in [0.15, 0.2) is 5.96 Å². The Labute approximate surface area is 166 Å². The Morgan fingerprint density at radius 1 is 1.25 bits per heavy atom. The highest BCUT2D eigenvalue weighted by atomic mass is 32.2. The third-order valence-electron chi connectivity index (χ3n) is 4.81. The van der Waals surface area contributed by atoms with Gasteiger partial charge in [0.2, 0.25) is 10.0 Å². The van der Waals surface area contributed by atoms with E-state index in [2.05, 4.69) is 15.2 Å². The lowest BCUT2D eigenvalue weighted by molar-refractivity contribution is 0.369. The first-order chi connectivity index (χ1) is 13.3. The van der Waals surface area contributed by atoms with E-state index in [0.29, 0.717) is 45.7 Å². The number of benzene rings is 1. The lowest BCUT2D eigenvalue weighted by Gasteiger charge is -2.37. The van der Waals surface area contributed by atoms with E-state index in [1.807, 2.05) is 4.90 Å². The van der Waals surface area contributed by atoms with Crippen molar-refractivity contribution in [1.29, 1.82) is 0 Å². The Bertz CT molecular complexity index is 780. The molecular formula is C18H29F2N5O2S. The monoisotopic (exact) mass is 417 g/mol. The summed E-state index contributed by atoms with van der Waals surface area (Å²) in [6.07, 6.45) is 0.656. The predicted octanol–water partition coefficient (Wildman–Crippen LogP) is 1.33. The molecule has 1 aromatic carbocycles. The number of hydrogen-bond acceptors (Lipinski definition) is 4. The fourth-order valence-corrected chi connectivity index (χ4v) is 3.93. The van der Waals surface area contributed by atoms with Crippen LogP contribution >= 0.6 is 0 Å². The number of piperazine rings is 1. The summed E-state index contributed by atoms with van der Waals surface area (Å²) in [4.78, 5) is 8.15. The fourth-order valence-electron chi connectivity index (χ4n) is 3.08. The summed E-state index contributed by atoms with van der Waals surface area (Å²) >= 11 is 0. The average Bonchev–Trinajstić information content (AvgIpc) is 2.70. The molecule has 0 radical (unpaired) electrons. The number of hydrogen-bond donors (Lipinski definition) is 1. The summed E-state index contributed by atoms with van der Waals surface area (Å²) < 4.78 is 52.2. The Hall–Kier alpha value is -1.94. The number of nitrogens with one attached hydrogen (secondary N) is 1. The normalized spacial score (nSPS) is 16.0.